The van der Waals surface area contributed by atoms with Crippen molar-refractivity contribution in [3.05, 3.63) is 0 Å². The number of nitrogens with one attached hydrogen (secondary N) is 3. The van der Waals surface area contributed by atoms with Gasteiger partial charge in [-0.15, -0.1) is 24.0 Å². The first-order valence-corrected chi connectivity index (χ1v) is 11.8. The van der Waals surface area contributed by atoms with E-state index in [0.29, 0.717) is 32.0 Å². The number of halogens is 1. The molecule has 0 saturated carbocycles. The number of aliphatic imine (C=N–C) groups is 1. The van der Waals surface area contributed by atoms with Gasteiger partial charge in [-0.05, 0) is 34.1 Å². The fourth-order valence-electron chi connectivity index (χ4n) is 3.04. The summed E-state index contributed by atoms with van der Waals surface area (Å²) in [5, 5.41) is 9.11. The predicted octanol–water partition coefficient (Wildman–Crippen LogP) is 0.472. The van der Waals surface area contributed by atoms with E-state index in [-0.39, 0.29) is 72.5 Å². The maximum Gasteiger partial charge on any atom is 0.410 e. The molecule has 0 aliphatic carbocycles. The van der Waals surface area contributed by atoms with Crippen molar-refractivity contribution < 1.29 is 22.7 Å². The Morgan fingerprint density at radius 1 is 1.17 bits per heavy atom. The highest BCUT2D eigenvalue weighted by atomic mass is 127. The lowest BCUT2D eigenvalue weighted by Gasteiger charge is -2.40. The lowest BCUT2D eigenvalue weighted by atomic mass is 10.1. The number of ether oxygens (including phenoxy) is 1. The molecular formula is C18H34IN5O5S. The Morgan fingerprint density at radius 3 is 2.37 bits per heavy atom. The van der Waals surface area contributed by atoms with Gasteiger partial charge < -0.3 is 25.6 Å². The van der Waals surface area contributed by atoms with Crippen LogP contribution in [0.2, 0.25) is 0 Å². The van der Waals surface area contributed by atoms with E-state index in [4.69, 9.17) is 4.74 Å². The molecule has 3 N–H and O–H groups in total. The molecule has 1 atom stereocenters. The van der Waals surface area contributed by atoms with E-state index in [9.17, 15) is 18.0 Å². The number of hydrogen-bond donors (Lipinski definition) is 3. The molecule has 0 aromatic heterocycles. The topological polar surface area (TPSA) is 129 Å². The Morgan fingerprint density at radius 2 is 1.83 bits per heavy atom. The fraction of sp³-hybridized carbons (Fsp3) is 0.833. The number of hydrogen-bond acceptors (Lipinski definition) is 6. The zero-order valence-corrected chi connectivity index (χ0v) is 21.2. The molecule has 2 saturated heterocycles. The first kappa shape index (κ1) is 26.7. The van der Waals surface area contributed by atoms with E-state index in [1.807, 2.05) is 27.7 Å². The molecule has 2 amide bonds. The Hall–Kier alpha value is -1.31. The van der Waals surface area contributed by atoms with Gasteiger partial charge in [0.2, 0.25) is 5.91 Å². The van der Waals surface area contributed by atoms with Crippen LogP contribution in [0.5, 0.6) is 0 Å². The van der Waals surface area contributed by atoms with Crippen LogP contribution in [0, 0.1) is 0 Å². The zero-order valence-electron chi connectivity index (χ0n) is 18.1. The highest BCUT2D eigenvalue weighted by molar-refractivity contribution is 14.0. The van der Waals surface area contributed by atoms with E-state index in [0.717, 1.165) is 0 Å². The molecular weight excluding hydrogens is 525 g/mol. The first-order valence-electron chi connectivity index (χ1n) is 10.00. The van der Waals surface area contributed by atoms with Gasteiger partial charge in [0.25, 0.3) is 0 Å². The molecule has 0 radical (unpaired) electrons. The molecule has 174 valence electrons. The van der Waals surface area contributed by atoms with Crippen molar-refractivity contribution in [2.45, 2.75) is 58.2 Å². The van der Waals surface area contributed by atoms with Gasteiger partial charge in [-0.1, -0.05) is 0 Å². The van der Waals surface area contributed by atoms with E-state index >= 15 is 0 Å². The van der Waals surface area contributed by atoms with Crippen molar-refractivity contribution in [2.24, 2.45) is 4.99 Å². The highest BCUT2D eigenvalue weighted by Gasteiger charge is 2.34. The van der Waals surface area contributed by atoms with E-state index < -0.39 is 15.4 Å². The smallest absolute Gasteiger partial charge is 0.410 e. The summed E-state index contributed by atoms with van der Waals surface area (Å²) in [6.45, 7) is 9.43. The van der Waals surface area contributed by atoms with E-state index in [1.165, 1.54) is 0 Å². The van der Waals surface area contributed by atoms with Crippen molar-refractivity contribution in [1.82, 2.24) is 20.9 Å². The number of guanidine groups is 1. The Kier molecular flexibility index (Phi) is 10.1. The minimum absolute atomic E-state index is 0. The second kappa shape index (κ2) is 11.3. The second-order valence-electron chi connectivity index (χ2n) is 8.40. The normalized spacial score (nSPS) is 21.3. The summed E-state index contributed by atoms with van der Waals surface area (Å²) in [5.41, 5.74) is -0.519. The van der Waals surface area contributed by atoms with Gasteiger partial charge in [0.15, 0.2) is 15.8 Å². The third-order valence-electron chi connectivity index (χ3n) is 4.42. The van der Waals surface area contributed by atoms with E-state index in [1.54, 1.807) is 4.90 Å². The molecule has 0 aromatic carbocycles. The van der Waals surface area contributed by atoms with Gasteiger partial charge in [-0.3, -0.25) is 9.79 Å². The SMILES string of the molecule is CCNC(=NCCC(=O)NC1CCS(=O)(=O)C1)NC1CN(C(=O)OC(C)(C)C)C1.I. The molecule has 30 heavy (non-hydrogen) atoms. The monoisotopic (exact) mass is 559 g/mol. The molecule has 2 aliphatic heterocycles. The average molecular weight is 559 g/mol. The van der Waals surface area contributed by atoms with Gasteiger partial charge in [0.1, 0.15) is 5.60 Å². The largest absolute Gasteiger partial charge is 0.444 e. The molecule has 10 nitrogen and oxygen atoms in total. The zero-order chi connectivity index (χ0) is 21.7. The van der Waals surface area contributed by atoms with Gasteiger partial charge >= 0.3 is 6.09 Å². The van der Waals surface area contributed by atoms with Crippen molar-refractivity contribution in [2.75, 3.05) is 37.7 Å². The summed E-state index contributed by atoms with van der Waals surface area (Å²) < 4.78 is 28.2. The average Bonchev–Trinajstić information content (AvgIpc) is 2.87. The van der Waals surface area contributed by atoms with Crippen LogP contribution in [0.3, 0.4) is 0 Å². The first-order chi connectivity index (χ1) is 13.5. The number of likely N-dealkylation sites (tertiary alicyclic amines) is 1. The highest BCUT2D eigenvalue weighted by Crippen LogP contribution is 2.15. The second-order valence-corrected chi connectivity index (χ2v) is 10.6. The standard InChI is InChI=1S/C18H33N5O5S.HI/c1-5-19-16(22-14-10-23(11-14)17(25)28-18(2,3)4)20-8-6-15(24)21-13-7-9-29(26,27)12-13;/h13-14H,5-12H2,1-4H3,(H,21,24)(H2,19,20,22);1H. The van der Waals surface area contributed by atoms with Crippen molar-refractivity contribution in [1.29, 1.82) is 0 Å². The number of rotatable bonds is 6. The Bertz CT molecular complexity index is 732. The molecule has 1 unspecified atom stereocenters. The summed E-state index contributed by atoms with van der Waals surface area (Å²) in [6, 6.07) is -0.227. The van der Waals surface area contributed by atoms with Gasteiger partial charge in [-0.25, -0.2) is 13.2 Å². The van der Waals surface area contributed by atoms with Gasteiger partial charge in [-0.2, -0.15) is 0 Å². The van der Waals surface area contributed by atoms with Crippen LogP contribution in [0.15, 0.2) is 4.99 Å². The summed E-state index contributed by atoms with van der Waals surface area (Å²) in [4.78, 5) is 30.0. The van der Waals surface area contributed by atoms with Gasteiger partial charge in [0.05, 0.1) is 24.1 Å². The van der Waals surface area contributed by atoms with Crippen LogP contribution in [-0.2, 0) is 19.4 Å². The molecule has 2 heterocycles. The molecule has 0 aromatic rings. The van der Waals surface area contributed by atoms with Crippen LogP contribution in [0.25, 0.3) is 0 Å². The molecule has 2 aliphatic rings. The molecule has 12 heteroatoms. The maximum atomic E-state index is 12.0. The van der Waals surface area contributed by atoms with Crippen molar-refractivity contribution in [3.8, 4) is 0 Å². The Balaban J connectivity index is 0.00000450. The fourth-order valence-corrected chi connectivity index (χ4v) is 4.71. The summed E-state index contributed by atoms with van der Waals surface area (Å²) >= 11 is 0. The van der Waals surface area contributed by atoms with Crippen LogP contribution in [-0.4, -0.2) is 86.6 Å². The van der Waals surface area contributed by atoms with Crippen LogP contribution >= 0.6 is 24.0 Å². The summed E-state index contributed by atoms with van der Waals surface area (Å²) in [5.74, 6) is 0.526. The lowest BCUT2D eigenvalue weighted by molar-refractivity contribution is -0.121. The van der Waals surface area contributed by atoms with Crippen molar-refractivity contribution >= 4 is 51.8 Å². The third kappa shape index (κ3) is 9.23. The van der Waals surface area contributed by atoms with Crippen LogP contribution in [0.1, 0.15) is 40.5 Å². The minimum Gasteiger partial charge on any atom is -0.444 e. The number of carbonyl (C=O) groups is 2. The molecule has 2 fully saturated rings. The number of nitrogens with zero attached hydrogens (tertiary/aromatic N) is 2. The number of sulfone groups is 1. The minimum atomic E-state index is -3.01. The lowest BCUT2D eigenvalue weighted by Crippen LogP contribution is -2.63. The summed E-state index contributed by atoms with van der Waals surface area (Å²) in [7, 11) is -3.01. The van der Waals surface area contributed by atoms with Crippen molar-refractivity contribution in [3.63, 3.8) is 0 Å². The number of amides is 2. The summed E-state index contributed by atoms with van der Waals surface area (Å²) in [6.07, 6.45) is 0.321. The van der Waals surface area contributed by atoms with E-state index in [2.05, 4.69) is 20.9 Å². The molecule has 0 bridgehead atoms. The molecule has 0 spiro atoms. The Labute approximate surface area is 195 Å². The predicted molar refractivity (Wildman–Crippen MR) is 126 cm³/mol. The van der Waals surface area contributed by atoms with Gasteiger partial charge in [0, 0.05) is 32.1 Å². The van der Waals surface area contributed by atoms with Crippen LogP contribution < -0.4 is 16.0 Å². The number of carbonyl (C=O) groups excluding carboxylic acids is 2. The molecule has 2 rings (SSSR count). The van der Waals surface area contributed by atoms with Crippen LogP contribution in [0.4, 0.5) is 4.79 Å². The third-order valence-corrected chi connectivity index (χ3v) is 6.19. The maximum absolute atomic E-state index is 12.0. The quantitative estimate of drug-likeness (QED) is 0.245.